The second kappa shape index (κ2) is 3.53. The molecule has 0 radical (unpaired) electrons. The first kappa shape index (κ1) is 8.27. The van der Waals surface area contributed by atoms with Gasteiger partial charge in [0.05, 0.1) is 13.0 Å². The summed E-state index contributed by atoms with van der Waals surface area (Å²) in [6, 6.07) is 0.332. The molecule has 0 unspecified atom stereocenters. The lowest BCUT2D eigenvalue weighted by Crippen LogP contribution is -2.23. The number of esters is 1. The number of nitrogens with one attached hydrogen (secondary N) is 1. The Balaban J connectivity index is 2.43. The van der Waals surface area contributed by atoms with Crippen molar-refractivity contribution in [2.24, 2.45) is 5.92 Å². The minimum absolute atomic E-state index is 0.0440. The standard InChI is InChI=1S/C8H13NO2/c1-9-7-4-3-6(5-7)8(10)11-2/h3-4,6-7,9H,5H2,1-2H3/t6-,7+/m0/s1. The van der Waals surface area contributed by atoms with Gasteiger partial charge in [-0.15, -0.1) is 0 Å². The third-order valence-corrected chi connectivity index (χ3v) is 1.96. The molecule has 1 aliphatic rings. The van der Waals surface area contributed by atoms with E-state index in [0.717, 1.165) is 6.42 Å². The van der Waals surface area contributed by atoms with Crippen LogP contribution in [0.1, 0.15) is 6.42 Å². The van der Waals surface area contributed by atoms with Crippen LogP contribution in [0.25, 0.3) is 0 Å². The topological polar surface area (TPSA) is 38.3 Å². The Kier molecular flexibility index (Phi) is 2.65. The van der Waals surface area contributed by atoms with Crippen molar-refractivity contribution in [2.75, 3.05) is 14.2 Å². The molecule has 0 spiro atoms. The predicted molar refractivity (Wildman–Crippen MR) is 42.1 cm³/mol. The highest BCUT2D eigenvalue weighted by molar-refractivity contribution is 5.75. The Labute approximate surface area is 66.4 Å². The molecule has 0 saturated carbocycles. The monoisotopic (exact) mass is 155 g/mol. The Hall–Kier alpha value is -0.830. The normalized spacial score (nSPS) is 28.9. The smallest absolute Gasteiger partial charge is 0.312 e. The SMILES string of the molecule is CN[C@@H]1C=C[C@H](C(=O)OC)C1. The molecule has 1 rings (SSSR count). The number of hydrogen-bond acceptors (Lipinski definition) is 3. The number of methoxy groups -OCH3 is 1. The molecule has 62 valence electrons. The van der Waals surface area contributed by atoms with Gasteiger partial charge in [0.2, 0.25) is 0 Å². The fourth-order valence-electron chi connectivity index (χ4n) is 1.24. The van der Waals surface area contributed by atoms with Crippen molar-refractivity contribution in [3.8, 4) is 0 Å². The van der Waals surface area contributed by atoms with Crippen molar-refractivity contribution in [1.82, 2.24) is 5.32 Å². The Morgan fingerprint density at radius 2 is 2.36 bits per heavy atom. The van der Waals surface area contributed by atoms with Crippen LogP contribution in [0.15, 0.2) is 12.2 Å². The largest absolute Gasteiger partial charge is 0.469 e. The van der Waals surface area contributed by atoms with Crippen LogP contribution in [-0.4, -0.2) is 26.2 Å². The predicted octanol–water partition coefficient (Wildman–Crippen LogP) is 0.323. The first-order chi connectivity index (χ1) is 5.27. The van der Waals surface area contributed by atoms with Gasteiger partial charge in [-0.1, -0.05) is 12.2 Å². The van der Waals surface area contributed by atoms with Crippen LogP contribution in [0, 0.1) is 5.92 Å². The van der Waals surface area contributed by atoms with Gasteiger partial charge in [0.15, 0.2) is 0 Å². The van der Waals surface area contributed by atoms with Crippen molar-refractivity contribution in [2.45, 2.75) is 12.5 Å². The highest BCUT2D eigenvalue weighted by atomic mass is 16.5. The molecule has 0 aromatic heterocycles. The minimum Gasteiger partial charge on any atom is -0.469 e. The van der Waals surface area contributed by atoms with Gasteiger partial charge in [0, 0.05) is 6.04 Å². The molecule has 3 heteroatoms. The maximum absolute atomic E-state index is 11.0. The summed E-state index contributed by atoms with van der Waals surface area (Å²) < 4.78 is 4.61. The summed E-state index contributed by atoms with van der Waals surface area (Å²) in [4.78, 5) is 11.0. The molecule has 2 atom stereocenters. The van der Waals surface area contributed by atoms with Crippen molar-refractivity contribution in [3.63, 3.8) is 0 Å². The van der Waals surface area contributed by atoms with Crippen LogP contribution >= 0.6 is 0 Å². The number of ether oxygens (including phenoxy) is 1. The Morgan fingerprint density at radius 3 is 2.82 bits per heavy atom. The highest BCUT2D eigenvalue weighted by Crippen LogP contribution is 2.18. The van der Waals surface area contributed by atoms with Gasteiger partial charge in [-0.2, -0.15) is 0 Å². The lowest BCUT2D eigenvalue weighted by atomic mass is 10.1. The lowest BCUT2D eigenvalue weighted by molar-refractivity contribution is -0.143. The molecule has 3 nitrogen and oxygen atoms in total. The summed E-state index contributed by atoms with van der Waals surface area (Å²) in [5, 5.41) is 3.08. The van der Waals surface area contributed by atoms with Crippen LogP contribution in [0.5, 0.6) is 0 Å². The molecule has 1 aliphatic carbocycles. The van der Waals surface area contributed by atoms with Gasteiger partial charge in [-0.25, -0.2) is 0 Å². The molecule has 0 bridgehead atoms. The second-order valence-corrected chi connectivity index (χ2v) is 2.65. The molecule has 0 amide bonds. The van der Waals surface area contributed by atoms with E-state index in [2.05, 4.69) is 10.1 Å². The molecule has 0 aromatic carbocycles. The molecular weight excluding hydrogens is 142 g/mol. The van der Waals surface area contributed by atoms with E-state index in [4.69, 9.17) is 0 Å². The average Bonchev–Trinajstić information content (AvgIpc) is 2.50. The van der Waals surface area contributed by atoms with Crippen molar-refractivity contribution in [3.05, 3.63) is 12.2 Å². The zero-order chi connectivity index (χ0) is 8.27. The zero-order valence-corrected chi connectivity index (χ0v) is 6.83. The van der Waals surface area contributed by atoms with Gasteiger partial charge < -0.3 is 10.1 Å². The fraction of sp³-hybridized carbons (Fsp3) is 0.625. The maximum atomic E-state index is 11.0. The lowest BCUT2D eigenvalue weighted by Gasteiger charge is -2.08. The Bertz CT molecular complexity index is 177. The summed E-state index contributed by atoms with van der Waals surface area (Å²) in [5.74, 6) is -0.184. The highest BCUT2D eigenvalue weighted by Gasteiger charge is 2.23. The molecule has 0 aliphatic heterocycles. The number of hydrogen-bond donors (Lipinski definition) is 1. The zero-order valence-electron chi connectivity index (χ0n) is 6.83. The van der Waals surface area contributed by atoms with Gasteiger partial charge in [0.1, 0.15) is 0 Å². The van der Waals surface area contributed by atoms with Crippen LogP contribution < -0.4 is 5.32 Å². The third-order valence-electron chi connectivity index (χ3n) is 1.96. The van der Waals surface area contributed by atoms with E-state index in [0.29, 0.717) is 6.04 Å². The number of rotatable bonds is 2. The van der Waals surface area contributed by atoms with Crippen LogP contribution in [0.4, 0.5) is 0 Å². The van der Waals surface area contributed by atoms with Gasteiger partial charge in [0.25, 0.3) is 0 Å². The first-order valence-electron chi connectivity index (χ1n) is 3.71. The summed E-state index contributed by atoms with van der Waals surface area (Å²) in [7, 11) is 3.30. The maximum Gasteiger partial charge on any atom is 0.312 e. The van der Waals surface area contributed by atoms with E-state index >= 15 is 0 Å². The minimum atomic E-state index is -0.140. The van der Waals surface area contributed by atoms with Crippen molar-refractivity contribution < 1.29 is 9.53 Å². The van der Waals surface area contributed by atoms with Crippen LogP contribution in [-0.2, 0) is 9.53 Å². The molecule has 0 aromatic rings. The van der Waals surface area contributed by atoms with E-state index in [1.807, 2.05) is 19.2 Å². The summed E-state index contributed by atoms with van der Waals surface area (Å²) in [6.45, 7) is 0. The third kappa shape index (κ3) is 1.80. The quantitative estimate of drug-likeness (QED) is 0.461. The molecule has 0 heterocycles. The first-order valence-corrected chi connectivity index (χ1v) is 3.71. The number of likely N-dealkylation sites (N-methyl/N-ethyl adjacent to an activating group) is 1. The Morgan fingerprint density at radius 1 is 1.64 bits per heavy atom. The number of carbonyl (C=O) groups excluding carboxylic acids is 1. The summed E-state index contributed by atoms with van der Waals surface area (Å²) in [6.07, 6.45) is 4.72. The average molecular weight is 155 g/mol. The van der Waals surface area contributed by atoms with Crippen molar-refractivity contribution >= 4 is 5.97 Å². The van der Waals surface area contributed by atoms with E-state index in [9.17, 15) is 4.79 Å². The molecule has 11 heavy (non-hydrogen) atoms. The number of carbonyl (C=O) groups is 1. The van der Waals surface area contributed by atoms with Gasteiger partial charge in [-0.05, 0) is 13.5 Å². The van der Waals surface area contributed by atoms with Gasteiger partial charge in [-0.3, -0.25) is 4.79 Å². The van der Waals surface area contributed by atoms with E-state index < -0.39 is 0 Å². The van der Waals surface area contributed by atoms with Crippen LogP contribution in [0.3, 0.4) is 0 Å². The van der Waals surface area contributed by atoms with Gasteiger partial charge >= 0.3 is 5.97 Å². The molecule has 1 N–H and O–H groups in total. The van der Waals surface area contributed by atoms with E-state index in [1.165, 1.54) is 7.11 Å². The second-order valence-electron chi connectivity index (χ2n) is 2.65. The summed E-state index contributed by atoms with van der Waals surface area (Å²) in [5.41, 5.74) is 0. The van der Waals surface area contributed by atoms with E-state index in [-0.39, 0.29) is 11.9 Å². The van der Waals surface area contributed by atoms with E-state index in [1.54, 1.807) is 0 Å². The molecule has 0 fully saturated rings. The van der Waals surface area contributed by atoms with Crippen LogP contribution in [0.2, 0.25) is 0 Å². The van der Waals surface area contributed by atoms with Crippen molar-refractivity contribution in [1.29, 1.82) is 0 Å². The molecule has 0 saturated heterocycles. The summed E-state index contributed by atoms with van der Waals surface area (Å²) >= 11 is 0. The fourth-order valence-corrected chi connectivity index (χ4v) is 1.24. The molecular formula is C8H13NO2.